The van der Waals surface area contributed by atoms with Crippen LogP contribution in [0.3, 0.4) is 0 Å². The molecule has 25 heavy (non-hydrogen) atoms. The molecule has 2 aromatic rings. The van der Waals surface area contributed by atoms with E-state index in [0.29, 0.717) is 35.8 Å². The predicted octanol–water partition coefficient (Wildman–Crippen LogP) is 1.90. The maximum Gasteiger partial charge on any atom is 0.255 e. The van der Waals surface area contributed by atoms with Gasteiger partial charge in [-0.1, -0.05) is 0 Å². The zero-order valence-corrected chi connectivity index (χ0v) is 14.9. The molecule has 1 atom stereocenters. The van der Waals surface area contributed by atoms with Crippen LogP contribution in [0.15, 0.2) is 30.5 Å². The van der Waals surface area contributed by atoms with E-state index in [-0.39, 0.29) is 5.91 Å². The van der Waals surface area contributed by atoms with Gasteiger partial charge in [0.1, 0.15) is 0 Å². The average Bonchev–Trinajstić information content (AvgIpc) is 3.05. The molecule has 2 N–H and O–H groups in total. The van der Waals surface area contributed by atoms with Gasteiger partial charge in [0, 0.05) is 25.5 Å². The second kappa shape index (κ2) is 8.43. The van der Waals surface area contributed by atoms with Crippen molar-refractivity contribution in [3.05, 3.63) is 41.7 Å². The first kappa shape index (κ1) is 18.7. The van der Waals surface area contributed by atoms with E-state index in [4.69, 9.17) is 14.2 Å². The third-order valence-electron chi connectivity index (χ3n) is 3.98. The van der Waals surface area contributed by atoms with Crippen LogP contribution in [0.1, 0.15) is 28.6 Å². The molecule has 1 amide bonds. The Morgan fingerprint density at radius 3 is 2.44 bits per heavy atom. The molecule has 1 unspecified atom stereocenters. The summed E-state index contributed by atoms with van der Waals surface area (Å²) in [7, 11) is 6.33. The van der Waals surface area contributed by atoms with Gasteiger partial charge in [-0.25, -0.2) is 0 Å². The number of carbonyl (C=O) groups excluding carboxylic acids is 1. The second-order valence-electron chi connectivity index (χ2n) is 5.49. The van der Waals surface area contributed by atoms with Gasteiger partial charge in [0.2, 0.25) is 5.75 Å². The topological polar surface area (TPSA) is 82.0 Å². The molecule has 0 aliphatic carbocycles. The number of aliphatic hydroxyl groups excluding tert-OH is 1. The number of aryl methyl sites for hydroxylation is 1. The Balaban J connectivity index is 2.05. The number of carbonyl (C=O) groups is 1. The summed E-state index contributed by atoms with van der Waals surface area (Å²) in [5.74, 6) is 0.843. The van der Waals surface area contributed by atoms with E-state index in [2.05, 4.69) is 5.32 Å². The monoisotopic (exact) mass is 348 g/mol. The number of methoxy groups -OCH3 is 3. The maximum absolute atomic E-state index is 12.5. The molecule has 0 radical (unpaired) electrons. The van der Waals surface area contributed by atoms with Gasteiger partial charge in [-0.15, -0.1) is 0 Å². The standard InChI is InChI=1S/C18H24N2O5/c1-20-11-5-6-13(20)14(21)9-10-19-18(22)12-7-8-15(23-2)17(25-4)16(12)24-3/h5-8,11,14,21H,9-10H2,1-4H3,(H,19,22). The third-order valence-corrected chi connectivity index (χ3v) is 3.98. The Morgan fingerprint density at radius 1 is 1.16 bits per heavy atom. The number of hydrogen-bond acceptors (Lipinski definition) is 5. The van der Waals surface area contributed by atoms with Crippen LogP contribution in [0.2, 0.25) is 0 Å². The number of nitrogens with one attached hydrogen (secondary N) is 1. The Morgan fingerprint density at radius 2 is 1.88 bits per heavy atom. The van der Waals surface area contributed by atoms with Gasteiger partial charge < -0.3 is 29.2 Å². The van der Waals surface area contributed by atoms with Crippen LogP contribution < -0.4 is 19.5 Å². The molecule has 0 aliphatic heterocycles. The van der Waals surface area contributed by atoms with Crippen molar-refractivity contribution in [2.24, 2.45) is 7.05 Å². The zero-order chi connectivity index (χ0) is 18.4. The Kier molecular flexibility index (Phi) is 6.30. The second-order valence-corrected chi connectivity index (χ2v) is 5.49. The minimum atomic E-state index is -0.646. The van der Waals surface area contributed by atoms with Gasteiger partial charge in [-0.05, 0) is 30.7 Å². The number of aliphatic hydroxyl groups is 1. The van der Waals surface area contributed by atoms with Crippen molar-refractivity contribution in [1.29, 1.82) is 0 Å². The number of benzene rings is 1. The molecular weight excluding hydrogens is 324 g/mol. The van der Waals surface area contributed by atoms with Crippen LogP contribution in [0.25, 0.3) is 0 Å². The molecule has 1 aromatic heterocycles. The quantitative estimate of drug-likeness (QED) is 0.761. The predicted molar refractivity (Wildman–Crippen MR) is 93.4 cm³/mol. The van der Waals surface area contributed by atoms with Crippen molar-refractivity contribution in [2.45, 2.75) is 12.5 Å². The van der Waals surface area contributed by atoms with E-state index >= 15 is 0 Å². The Labute approximate surface area is 147 Å². The van der Waals surface area contributed by atoms with Gasteiger partial charge in [0.15, 0.2) is 11.5 Å². The normalized spacial score (nSPS) is 11.7. The van der Waals surface area contributed by atoms with Crippen LogP contribution >= 0.6 is 0 Å². The first-order valence-electron chi connectivity index (χ1n) is 7.89. The molecule has 0 aliphatic rings. The van der Waals surface area contributed by atoms with Gasteiger partial charge in [0.25, 0.3) is 5.91 Å². The fourth-order valence-electron chi connectivity index (χ4n) is 2.67. The molecule has 1 aromatic carbocycles. The summed E-state index contributed by atoms with van der Waals surface area (Å²) in [6.07, 6.45) is 1.62. The maximum atomic E-state index is 12.5. The van der Waals surface area contributed by atoms with Crippen LogP contribution in [0.5, 0.6) is 17.2 Å². The Hall–Kier alpha value is -2.67. The molecular formula is C18H24N2O5. The molecule has 0 fully saturated rings. The molecule has 136 valence electrons. The number of ether oxygens (including phenoxy) is 3. The number of hydrogen-bond donors (Lipinski definition) is 2. The van der Waals surface area contributed by atoms with Gasteiger partial charge in [-0.2, -0.15) is 0 Å². The molecule has 7 heteroatoms. The number of rotatable bonds is 8. The number of aromatic nitrogens is 1. The zero-order valence-electron chi connectivity index (χ0n) is 14.9. The smallest absolute Gasteiger partial charge is 0.255 e. The van der Waals surface area contributed by atoms with Gasteiger partial charge >= 0.3 is 0 Å². The highest BCUT2D eigenvalue weighted by Crippen LogP contribution is 2.39. The molecule has 0 bridgehead atoms. The van der Waals surface area contributed by atoms with E-state index in [1.54, 1.807) is 12.1 Å². The SMILES string of the molecule is COc1ccc(C(=O)NCCC(O)c2cccn2C)c(OC)c1OC. The lowest BCUT2D eigenvalue weighted by atomic mass is 10.1. The van der Waals surface area contributed by atoms with E-state index in [0.717, 1.165) is 5.69 Å². The van der Waals surface area contributed by atoms with Crippen molar-refractivity contribution in [1.82, 2.24) is 9.88 Å². The number of nitrogens with zero attached hydrogens (tertiary/aromatic N) is 1. The van der Waals surface area contributed by atoms with E-state index in [1.165, 1.54) is 21.3 Å². The lowest BCUT2D eigenvalue weighted by Crippen LogP contribution is -2.26. The minimum absolute atomic E-state index is 0.308. The van der Waals surface area contributed by atoms with Gasteiger partial charge in [-0.3, -0.25) is 4.79 Å². The van der Waals surface area contributed by atoms with Crippen LogP contribution in [-0.2, 0) is 7.05 Å². The molecule has 2 rings (SSSR count). The molecule has 7 nitrogen and oxygen atoms in total. The van der Waals surface area contributed by atoms with Crippen LogP contribution in [0, 0.1) is 0 Å². The van der Waals surface area contributed by atoms with Crippen molar-refractivity contribution in [3.8, 4) is 17.2 Å². The van der Waals surface area contributed by atoms with E-state index in [9.17, 15) is 9.90 Å². The van der Waals surface area contributed by atoms with Crippen LogP contribution in [0.4, 0.5) is 0 Å². The third kappa shape index (κ3) is 4.06. The molecule has 0 saturated carbocycles. The summed E-state index contributed by atoms with van der Waals surface area (Å²) in [5.41, 5.74) is 1.14. The lowest BCUT2D eigenvalue weighted by Gasteiger charge is -2.16. The van der Waals surface area contributed by atoms with Gasteiger partial charge in [0.05, 0.1) is 33.0 Å². The first-order chi connectivity index (χ1) is 12.0. The average molecular weight is 348 g/mol. The summed E-state index contributed by atoms with van der Waals surface area (Å²) in [6, 6.07) is 6.98. The highest BCUT2D eigenvalue weighted by atomic mass is 16.5. The fraction of sp³-hybridized carbons (Fsp3) is 0.389. The molecule has 1 heterocycles. The summed E-state index contributed by atoms with van der Waals surface area (Å²) in [5, 5.41) is 13.0. The van der Waals surface area contributed by atoms with Crippen molar-refractivity contribution >= 4 is 5.91 Å². The van der Waals surface area contributed by atoms with Crippen molar-refractivity contribution in [3.63, 3.8) is 0 Å². The summed E-state index contributed by atoms with van der Waals surface area (Å²) in [6.45, 7) is 0.322. The number of amides is 1. The fourth-order valence-corrected chi connectivity index (χ4v) is 2.67. The Bertz CT molecular complexity index is 726. The summed E-state index contributed by atoms with van der Waals surface area (Å²) < 4.78 is 17.7. The first-order valence-corrected chi connectivity index (χ1v) is 7.89. The minimum Gasteiger partial charge on any atom is -0.493 e. The molecule has 0 saturated heterocycles. The largest absolute Gasteiger partial charge is 0.493 e. The highest BCUT2D eigenvalue weighted by molar-refractivity contribution is 5.98. The summed E-state index contributed by atoms with van der Waals surface area (Å²) >= 11 is 0. The highest BCUT2D eigenvalue weighted by Gasteiger charge is 2.20. The lowest BCUT2D eigenvalue weighted by molar-refractivity contribution is 0.0937. The van der Waals surface area contributed by atoms with Crippen molar-refractivity contribution in [2.75, 3.05) is 27.9 Å². The van der Waals surface area contributed by atoms with E-state index in [1.807, 2.05) is 29.9 Å². The van der Waals surface area contributed by atoms with E-state index < -0.39 is 6.10 Å². The van der Waals surface area contributed by atoms with Crippen molar-refractivity contribution < 1.29 is 24.1 Å². The summed E-state index contributed by atoms with van der Waals surface area (Å²) in [4.78, 5) is 12.5. The van der Waals surface area contributed by atoms with Crippen LogP contribution in [-0.4, -0.2) is 43.5 Å². The molecule has 0 spiro atoms.